The molecule has 2 aromatic rings. The molecule has 2 rings (SSSR count). The molecule has 0 fully saturated rings. The highest BCUT2D eigenvalue weighted by Crippen LogP contribution is 2.23. The summed E-state index contributed by atoms with van der Waals surface area (Å²) in [5.41, 5.74) is 1.73. The van der Waals surface area contributed by atoms with Gasteiger partial charge in [-0.1, -0.05) is 30.3 Å². The maximum Gasteiger partial charge on any atom is 0.159 e. The van der Waals surface area contributed by atoms with E-state index in [2.05, 4.69) is 22.1 Å². The van der Waals surface area contributed by atoms with Crippen LogP contribution in [0.1, 0.15) is 5.56 Å². The van der Waals surface area contributed by atoms with Gasteiger partial charge < -0.3 is 10.0 Å². The lowest BCUT2D eigenvalue weighted by atomic mass is 10.2. The number of aliphatic imine (C=N–C) groups is 1. The Labute approximate surface area is 106 Å². The third-order valence-corrected chi connectivity index (χ3v) is 2.45. The summed E-state index contributed by atoms with van der Waals surface area (Å²) in [6.45, 7) is 0.774. The van der Waals surface area contributed by atoms with E-state index in [9.17, 15) is 5.11 Å². The average molecular weight is 241 g/mol. The van der Waals surface area contributed by atoms with Gasteiger partial charge in [0.05, 0.1) is 12.5 Å². The molecule has 0 bridgehead atoms. The van der Waals surface area contributed by atoms with Gasteiger partial charge in [0.25, 0.3) is 0 Å². The molecule has 1 N–H and O–H groups in total. The lowest BCUT2D eigenvalue weighted by Crippen LogP contribution is -2.14. The Morgan fingerprint density at radius 2 is 2.06 bits per heavy atom. The maximum atomic E-state index is 9.52. The van der Waals surface area contributed by atoms with E-state index in [0.29, 0.717) is 5.69 Å². The van der Waals surface area contributed by atoms with Gasteiger partial charge >= 0.3 is 0 Å². The minimum Gasteiger partial charge on any atom is -0.504 e. The first-order chi connectivity index (χ1) is 8.75. The molecule has 4 heteroatoms. The monoisotopic (exact) mass is 241 g/mol. The van der Waals surface area contributed by atoms with Gasteiger partial charge in [-0.3, -0.25) is 4.98 Å². The van der Waals surface area contributed by atoms with E-state index in [-0.39, 0.29) is 5.75 Å². The van der Waals surface area contributed by atoms with Crippen LogP contribution in [0.4, 0.5) is 5.69 Å². The lowest BCUT2D eigenvalue weighted by Gasteiger charge is -2.12. The van der Waals surface area contributed by atoms with Crippen LogP contribution < -0.4 is 0 Å². The third kappa shape index (κ3) is 3.31. The van der Waals surface area contributed by atoms with Gasteiger partial charge in [0.15, 0.2) is 5.75 Å². The van der Waals surface area contributed by atoms with Gasteiger partial charge in [-0.25, -0.2) is 4.99 Å². The molecule has 4 nitrogen and oxygen atoms in total. The predicted molar refractivity (Wildman–Crippen MR) is 72.0 cm³/mol. The molecule has 1 aromatic carbocycles. The quantitative estimate of drug-likeness (QED) is 0.661. The summed E-state index contributed by atoms with van der Waals surface area (Å²) in [4.78, 5) is 9.97. The summed E-state index contributed by atoms with van der Waals surface area (Å²) in [6, 6.07) is 11.8. The standard InChI is InChI=1S/C14H15N3O/c1-17(10-12-5-3-2-4-6-12)11-16-13-7-8-15-9-14(13)18/h2-9,11,18H,10H2,1H3. The molecule has 0 aliphatic rings. The Balaban J connectivity index is 1.99. The van der Waals surface area contributed by atoms with Crippen LogP contribution in [-0.2, 0) is 6.54 Å². The van der Waals surface area contributed by atoms with E-state index in [1.165, 1.54) is 11.8 Å². The van der Waals surface area contributed by atoms with E-state index >= 15 is 0 Å². The molecule has 0 radical (unpaired) electrons. The first-order valence-corrected chi connectivity index (χ1v) is 5.67. The van der Waals surface area contributed by atoms with Crippen LogP contribution in [0, 0.1) is 0 Å². The van der Waals surface area contributed by atoms with Crippen molar-refractivity contribution >= 4 is 12.0 Å². The van der Waals surface area contributed by atoms with Crippen LogP contribution in [0.5, 0.6) is 5.75 Å². The van der Waals surface area contributed by atoms with Crippen molar-refractivity contribution in [2.45, 2.75) is 6.54 Å². The molecule has 0 amide bonds. The van der Waals surface area contributed by atoms with Crippen molar-refractivity contribution in [1.29, 1.82) is 0 Å². The fourth-order valence-electron chi connectivity index (χ4n) is 1.56. The molecule has 0 aliphatic heterocycles. The number of aromatic nitrogens is 1. The highest BCUT2D eigenvalue weighted by molar-refractivity contribution is 5.63. The lowest BCUT2D eigenvalue weighted by molar-refractivity contribution is 0.473. The minimum atomic E-state index is 0.0851. The van der Waals surface area contributed by atoms with Crippen molar-refractivity contribution in [3.8, 4) is 5.75 Å². The number of benzene rings is 1. The van der Waals surface area contributed by atoms with Crippen LogP contribution in [-0.4, -0.2) is 28.4 Å². The van der Waals surface area contributed by atoms with Crippen LogP contribution in [0.15, 0.2) is 53.8 Å². The zero-order chi connectivity index (χ0) is 12.8. The van der Waals surface area contributed by atoms with Crippen molar-refractivity contribution in [3.63, 3.8) is 0 Å². The van der Waals surface area contributed by atoms with Gasteiger partial charge in [-0.15, -0.1) is 0 Å². The van der Waals surface area contributed by atoms with Crippen molar-refractivity contribution in [2.24, 2.45) is 4.99 Å². The van der Waals surface area contributed by atoms with Crippen LogP contribution in [0.3, 0.4) is 0 Å². The summed E-state index contributed by atoms with van der Waals surface area (Å²) < 4.78 is 0. The molecule has 92 valence electrons. The molecule has 0 unspecified atom stereocenters. The smallest absolute Gasteiger partial charge is 0.159 e. The van der Waals surface area contributed by atoms with Crippen molar-refractivity contribution < 1.29 is 5.11 Å². The zero-order valence-corrected chi connectivity index (χ0v) is 10.2. The number of pyridine rings is 1. The fraction of sp³-hybridized carbons (Fsp3) is 0.143. The first kappa shape index (κ1) is 12.1. The molecular formula is C14H15N3O. The molecule has 18 heavy (non-hydrogen) atoms. The van der Waals surface area contributed by atoms with Crippen LogP contribution in [0.2, 0.25) is 0 Å². The van der Waals surface area contributed by atoms with E-state index < -0.39 is 0 Å². The summed E-state index contributed by atoms with van der Waals surface area (Å²) in [6.07, 6.45) is 4.68. The van der Waals surface area contributed by atoms with Gasteiger partial charge in [-0.05, 0) is 11.6 Å². The molecule has 0 saturated carbocycles. The number of hydrogen-bond donors (Lipinski definition) is 1. The van der Waals surface area contributed by atoms with Crippen molar-refractivity contribution in [1.82, 2.24) is 9.88 Å². The Hall–Kier alpha value is -2.36. The van der Waals surface area contributed by atoms with Crippen LogP contribution in [0.25, 0.3) is 0 Å². The van der Waals surface area contributed by atoms with Gasteiger partial charge in [-0.2, -0.15) is 0 Å². The number of hydrogen-bond acceptors (Lipinski definition) is 3. The molecule has 1 heterocycles. The number of nitrogens with zero attached hydrogens (tertiary/aromatic N) is 3. The largest absolute Gasteiger partial charge is 0.504 e. The third-order valence-electron chi connectivity index (χ3n) is 2.45. The molecule has 0 spiro atoms. The molecule has 0 aliphatic carbocycles. The normalized spacial score (nSPS) is 10.7. The first-order valence-electron chi connectivity index (χ1n) is 5.67. The van der Waals surface area contributed by atoms with E-state index in [4.69, 9.17) is 0 Å². The zero-order valence-electron chi connectivity index (χ0n) is 10.2. The van der Waals surface area contributed by atoms with Gasteiger partial charge in [0, 0.05) is 19.8 Å². The molecular weight excluding hydrogens is 226 g/mol. The topological polar surface area (TPSA) is 48.7 Å². The fourth-order valence-corrected chi connectivity index (χ4v) is 1.56. The van der Waals surface area contributed by atoms with E-state index in [0.717, 1.165) is 6.54 Å². The Morgan fingerprint density at radius 3 is 2.78 bits per heavy atom. The highest BCUT2D eigenvalue weighted by atomic mass is 16.3. The van der Waals surface area contributed by atoms with E-state index in [1.807, 2.05) is 30.1 Å². The molecule has 0 saturated heterocycles. The second-order valence-corrected chi connectivity index (χ2v) is 4.01. The minimum absolute atomic E-state index is 0.0851. The molecule has 0 atom stereocenters. The average Bonchev–Trinajstić information content (AvgIpc) is 2.39. The van der Waals surface area contributed by atoms with E-state index in [1.54, 1.807) is 18.6 Å². The van der Waals surface area contributed by atoms with Crippen molar-refractivity contribution in [2.75, 3.05) is 7.05 Å². The van der Waals surface area contributed by atoms with Gasteiger partial charge in [0.2, 0.25) is 0 Å². The summed E-state index contributed by atoms with van der Waals surface area (Å²) in [5, 5.41) is 9.52. The van der Waals surface area contributed by atoms with Crippen molar-refractivity contribution in [3.05, 3.63) is 54.4 Å². The second kappa shape index (κ2) is 5.82. The number of aromatic hydroxyl groups is 1. The SMILES string of the molecule is CN(C=Nc1ccncc1O)Cc1ccccc1. The summed E-state index contributed by atoms with van der Waals surface area (Å²) in [5.74, 6) is 0.0851. The summed E-state index contributed by atoms with van der Waals surface area (Å²) >= 11 is 0. The van der Waals surface area contributed by atoms with Gasteiger partial charge in [0.1, 0.15) is 5.69 Å². The second-order valence-electron chi connectivity index (χ2n) is 4.01. The molecule has 1 aromatic heterocycles. The summed E-state index contributed by atoms with van der Waals surface area (Å²) in [7, 11) is 1.94. The predicted octanol–water partition coefficient (Wildman–Crippen LogP) is 2.58. The maximum absolute atomic E-state index is 9.52. The Bertz CT molecular complexity index is 526. The van der Waals surface area contributed by atoms with Crippen LogP contribution >= 0.6 is 0 Å². The number of rotatable bonds is 4. The Morgan fingerprint density at radius 1 is 1.28 bits per heavy atom. The highest BCUT2D eigenvalue weighted by Gasteiger charge is 1.98. The Kier molecular flexibility index (Phi) is 3.91.